The quantitative estimate of drug-likeness (QED) is 0.839. The Balaban J connectivity index is 2.21. The van der Waals surface area contributed by atoms with Crippen LogP contribution < -0.4 is 5.32 Å². The lowest BCUT2D eigenvalue weighted by Gasteiger charge is -2.06. The zero-order chi connectivity index (χ0) is 14.7. The highest BCUT2D eigenvalue weighted by Crippen LogP contribution is 2.26. The summed E-state index contributed by atoms with van der Waals surface area (Å²) in [5.41, 5.74) is -0.261. The van der Waals surface area contributed by atoms with E-state index < -0.39 is 17.5 Å². The van der Waals surface area contributed by atoms with Gasteiger partial charge in [-0.25, -0.2) is 13.2 Å². The number of benzene rings is 1. The summed E-state index contributed by atoms with van der Waals surface area (Å²) < 4.78 is 44.7. The molecule has 2 rings (SSSR count). The van der Waals surface area contributed by atoms with Crippen LogP contribution in [0.4, 0.5) is 24.9 Å². The van der Waals surface area contributed by atoms with Crippen LogP contribution in [-0.2, 0) is 0 Å². The van der Waals surface area contributed by atoms with Crippen molar-refractivity contribution in [1.29, 1.82) is 0 Å². The Hall–Kier alpha value is -2.05. The average Bonchev–Trinajstić information content (AvgIpc) is 2.89. The third-order valence-corrected chi connectivity index (χ3v) is 3.05. The highest BCUT2D eigenvalue weighted by Gasteiger charge is 2.18. The minimum atomic E-state index is -1.55. The van der Waals surface area contributed by atoms with Crippen LogP contribution in [0.25, 0.3) is 0 Å². The molecule has 1 heterocycles. The van der Waals surface area contributed by atoms with E-state index in [2.05, 4.69) is 15.5 Å². The fourth-order valence-corrected chi connectivity index (χ4v) is 1.83. The van der Waals surface area contributed by atoms with E-state index in [9.17, 15) is 13.2 Å². The molecule has 0 fully saturated rings. The van der Waals surface area contributed by atoms with Gasteiger partial charge in [0, 0.05) is 5.92 Å². The lowest BCUT2D eigenvalue weighted by Crippen LogP contribution is -1.98. The summed E-state index contributed by atoms with van der Waals surface area (Å²) in [7, 11) is 0. The molecule has 2 aromatic rings. The van der Waals surface area contributed by atoms with Crippen LogP contribution in [0, 0.1) is 17.5 Å². The average molecular weight is 285 g/mol. The lowest BCUT2D eigenvalue weighted by atomic mass is 10.0. The second kappa shape index (κ2) is 5.94. The topological polar surface area (TPSA) is 51.0 Å². The van der Waals surface area contributed by atoms with E-state index in [1.54, 1.807) is 0 Å². The number of rotatable bonds is 5. The van der Waals surface area contributed by atoms with Gasteiger partial charge >= 0.3 is 6.01 Å². The summed E-state index contributed by atoms with van der Waals surface area (Å²) in [6.45, 7) is 3.97. The van der Waals surface area contributed by atoms with Crippen molar-refractivity contribution in [3.63, 3.8) is 0 Å². The molecule has 0 saturated carbocycles. The molecular weight excluding hydrogens is 271 g/mol. The largest absolute Gasteiger partial charge is 0.408 e. The van der Waals surface area contributed by atoms with Gasteiger partial charge in [-0.05, 0) is 25.0 Å². The molecule has 0 amide bonds. The van der Waals surface area contributed by atoms with Gasteiger partial charge in [-0.2, -0.15) is 0 Å². The van der Waals surface area contributed by atoms with Crippen molar-refractivity contribution in [3.8, 4) is 0 Å². The number of hydrogen-bond acceptors (Lipinski definition) is 4. The zero-order valence-corrected chi connectivity index (χ0v) is 11.1. The van der Waals surface area contributed by atoms with Crippen molar-refractivity contribution in [2.24, 2.45) is 0 Å². The maximum atomic E-state index is 13.5. The van der Waals surface area contributed by atoms with Crippen molar-refractivity contribution < 1.29 is 17.6 Å². The Morgan fingerprint density at radius 2 is 1.80 bits per heavy atom. The summed E-state index contributed by atoms with van der Waals surface area (Å²) >= 11 is 0. The van der Waals surface area contributed by atoms with Crippen molar-refractivity contribution >= 4 is 11.7 Å². The predicted molar refractivity (Wildman–Crippen MR) is 67.2 cm³/mol. The Morgan fingerprint density at radius 1 is 1.10 bits per heavy atom. The van der Waals surface area contributed by atoms with Gasteiger partial charge in [0.2, 0.25) is 5.89 Å². The molecule has 20 heavy (non-hydrogen) atoms. The molecule has 108 valence electrons. The molecular formula is C13H14F3N3O. The summed E-state index contributed by atoms with van der Waals surface area (Å²) in [6.07, 6.45) is 1.66. The Bertz CT molecular complexity index is 597. The number of nitrogens with zero attached hydrogens (tertiary/aromatic N) is 2. The van der Waals surface area contributed by atoms with E-state index in [-0.39, 0.29) is 17.6 Å². The minimum absolute atomic E-state index is 0.0585. The second-order valence-electron chi connectivity index (χ2n) is 4.31. The van der Waals surface area contributed by atoms with Crippen molar-refractivity contribution in [2.75, 3.05) is 5.32 Å². The van der Waals surface area contributed by atoms with Crippen LogP contribution in [0.1, 0.15) is 38.5 Å². The maximum Gasteiger partial charge on any atom is 0.320 e. The van der Waals surface area contributed by atoms with Gasteiger partial charge in [-0.15, -0.1) is 5.10 Å². The van der Waals surface area contributed by atoms with Gasteiger partial charge < -0.3 is 9.73 Å². The molecule has 0 atom stereocenters. The fourth-order valence-electron chi connectivity index (χ4n) is 1.83. The van der Waals surface area contributed by atoms with E-state index in [0.717, 1.165) is 25.0 Å². The first-order valence-corrected chi connectivity index (χ1v) is 6.30. The SMILES string of the molecule is CCC(CC)c1nnc(Nc2ccc(F)c(F)c2F)o1. The minimum Gasteiger partial charge on any atom is -0.408 e. The molecule has 0 radical (unpaired) electrons. The monoisotopic (exact) mass is 285 g/mol. The van der Waals surface area contributed by atoms with Crippen LogP contribution in [0.3, 0.4) is 0 Å². The molecule has 7 heteroatoms. The van der Waals surface area contributed by atoms with Gasteiger partial charge in [0.05, 0.1) is 5.69 Å². The molecule has 1 aromatic heterocycles. The summed E-state index contributed by atoms with van der Waals surface area (Å²) in [6, 6.07) is 1.82. The summed E-state index contributed by atoms with van der Waals surface area (Å²) in [5, 5.41) is 10.0. The van der Waals surface area contributed by atoms with Crippen molar-refractivity contribution in [3.05, 3.63) is 35.5 Å². The predicted octanol–water partition coefficient (Wildman–Crippen LogP) is 4.13. The van der Waals surface area contributed by atoms with Gasteiger partial charge in [0.1, 0.15) is 0 Å². The van der Waals surface area contributed by atoms with Crippen LogP contribution in [0.5, 0.6) is 0 Å². The third kappa shape index (κ3) is 2.76. The van der Waals surface area contributed by atoms with E-state index in [1.807, 2.05) is 13.8 Å². The normalized spacial score (nSPS) is 11.1. The molecule has 0 bridgehead atoms. The van der Waals surface area contributed by atoms with Crippen LogP contribution in [0.15, 0.2) is 16.5 Å². The van der Waals surface area contributed by atoms with Crippen molar-refractivity contribution in [2.45, 2.75) is 32.6 Å². The first-order chi connectivity index (χ1) is 9.56. The molecule has 0 aliphatic rings. The Morgan fingerprint density at radius 3 is 2.45 bits per heavy atom. The van der Waals surface area contributed by atoms with E-state index in [0.29, 0.717) is 5.89 Å². The number of nitrogens with one attached hydrogen (secondary N) is 1. The van der Waals surface area contributed by atoms with Gasteiger partial charge in [0.25, 0.3) is 0 Å². The lowest BCUT2D eigenvalue weighted by molar-refractivity contribution is 0.438. The van der Waals surface area contributed by atoms with Crippen LogP contribution in [0.2, 0.25) is 0 Å². The van der Waals surface area contributed by atoms with Gasteiger partial charge in [0.15, 0.2) is 17.5 Å². The van der Waals surface area contributed by atoms with E-state index >= 15 is 0 Å². The van der Waals surface area contributed by atoms with Crippen LogP contribution >= 0.6 is 0 Å². The van der Waals surface area contributed by atoms with E-state index in [4.69, 9.17) is 4.42 Å². The van der Waals surface area contributed by atoms with Gasteiger partial charge in [-0.3, -0.25) is 0 Å². The zero-order valence-electron chi connectivity index (χ0n) is 11.1. The number of aromatic nitrogens is 2. The number of halogens is 3. The fraction of sp³-hybridized carbons (Fsp3) is 0.385. The first-order valence-electron chi connectivity index (χ1n) is 6.30. The third-order valence-electron chi connectivity index (χ3n) is 3.05. The van der Waals surface area contributed by atoms with Crippen LogP contribution in [-0.4, -0.2) is 10.2 Å². The van der Waals surface area contributed by atoms with Crippen molar-refractivity contribution in [1.82, 2.24) is 10.2 Å². The van der Waals surface area contributed by atoms with E-state index in [1.165, 1.54) is 0 Å². The number of hydrogen-bond donors (Lipinski definition) is 1. The Kier molecular flexibility index (Phi) is 4.26. The highest BCUT2D eigenvalue weighted by molar-refractivity contribution is 5.52. The summed E-state index contributed by atoms with van der Waals surface area (Å²) in [4.78, 5) is 0. The molecule has 0 spiro atoms. The molecule has 0 unspecified atom stereocenters. The maximum absolute atomic E-state index is 13.5. The molecule has 1 aromatic carbocycles. The first kappa shape index (κ1) is 14.4. The molecule has 4 nitrogen and oxygen atoms in total. The number of anilines is 2. The smallest absolute Gasteiger partial charge is 0.320 e. The standard InChI is InChI=1S/C13H14F3N3O/c1-3-7(4-2)12-18-19-13(20-12)17-9-6-5-8(14)10(15)11(9)16/h5-7H,3-4H2,1-2H3,(H,17,19). The van der Waals surface area contributed by atoms with Gasteiger partial charge in [-0.1, -0.05) is 18.9 Å². The molecule has 0 aliphatic carbocycles. The molecule has 0 saturated heterocycles. The molecule has 1 N–H and O–H groups in total. The summed E-state index contributed by atoms with van der Waals surface area (Å²) in [5.74, 6) is -3.58. The highest BCUT2D eigenvalue weighted by atomic mass is 19.2. The molecule has 0 aliphatic heterocycles. The second-order valence-corrected chi connectivity index (χ2v) is 4.31. The Labute approximate surface area is 114 Å².